The molecule has 1 amide bonds. The summed E-state index contributed by atoms with van der Waals surface area (Å²) < 4.78 is 5.22. The third kappa shape index (κ3) is 5.34. The van der Waals surface area contributed by atoms with E-state index in [0.717, 1.165) is 0 Å². The Kier molecular flexibility index (Phi) is 5.88. The Morgan fingerprint density at radius 1 is 1.08 bits per heavy atom. The maximum atomic E-state index is 12.2. The molecule has 0 atom stereocenters. The molecule has 0 spiro atoms. The summed E-state index contributed by atoms with van der Waals surface area (Å²) in [6.45, 7) is -0.510. The standard InChI is InChI=1S/C17H16N4O5/c18-17(19)21-12-6-4-10(5-7-12)16(25)26-13-3-1-2-11(8-13)15(24)20-9-14(22)23/h1-8H,9H2,(H,20,24)(H,22,23)(H4,18,19,21). The van der Waals surface area contributed by atoms with Crippen molar-refractivity contribution in [3.05, 3.63) is 59.7 Å². The maximum absolute atomic E-state index is 12.2. The molecule has 0 aromatic heterocycles. The second kappa shape index (κ2) is 8.29. The molecule has 0 unspecified atom stereocenters. The smallest absolute Gasteiger partial charge is 0.343 e. The summed E-state index contributed by atoms with van der Waals surface area (Å²) in [6.07, 6.45) is 0. The number of esters is 1. The van der Waals surface area contributed by atoms with Crippen molar-refractivity contribution >= 4 is 29.5 Å². The van der Waals surface area contributed by atoms with Gasteiger partial charge < -0.3 is 26.2 Å². The molecule has 26 heavy (non-hydrogen) atoms. The molecule has 2 aromatic rings. The zero-order chi connectivity index (χ0) is 19.1. The highest BCUT2D eigenvalue weighted by Crippen LogP contribution is 2.16. The number of amides is 1. The van der Waals surface area contributed by atoms with E-state index in [1.807, 2.05) is 0 Å². The first-order chi connectivity index (χ1) is 12.3. The highest BCUT2D eigenvalue weighted by atomic mass is 16.5. The van der Waals surface area contributed by atoms with Gasteiger partial charge in [0.2, 0.25) is 0 Å². The second-order valence-corrected chi connectivity index (χ2v) is 5.11. The number of aliphatic carboxylic acids is 1. The molecule has 9 nitrogen and oxygen atoms in total. The number of anilines is 1. The molecule has 0 radical (unpaired) electrons. The lowest BCUT2D eigenvalue weighted by Crippen LogP contribution is -2.29. The molecule has 0 aliphatic rings. The minimum absolute atomic E-state index is 0.143. The summed E-state index contributed by atoms with van der Waals surface area (Å²) in [5, 5.41) is 20.5. The van der Waals surface area contributed by atoms with Crippen molar-refractivity contribution in [1.82, 2.24) is 5.32 Å². The third-order valence-electron chi connectivity index (χ3n) is 3.11. The number of ether oxygens (including phenoxy) is 1. The summed E-state index contributed by atoms with van der Waals surface area (Å²) in [7, 11) is 0. The van der Waals surface area contributed by atoms with E-state index in [1.54, 1.807) is 12.1 Å². The number of carbonyl (C=O) groups excluding carboxylic acids is 2. The maximum Gasteiger partial charge on any atom is 0.343 e. The molecule has 9 heteroatoms. The molecule has 0 heterocycles. The number of rotatable bonds is 6. The number of hydrogen-bond acceptors (Lipinski definition) is 5. The second-order valence-electron chi connectivity index (χ2n) is 5.11. The molecular weight excluding hydrogens is 340 g/mol. The van der Waals surface area contributed by atoms with Gasteiger partial charge >= 0.3 is 11.9 Å². The van der Waals surface area contributed by atoms with E-state index in [4.69, 9.17) is 21.0 Å². The van der Waals surface area contributed by atoms with Crippen LogP contribution in [0.3, 0.4) is 0 Å². The lowest BCUT2D eigenvalue weighted by Gasteiger charge is -2.08. The lowest BCUT2D eigenvalue weighted by atomic mass is 10.2. The Labute approximate surface area is 148 Å². The Morgan fingerprint density at radius 2 is 1.77 bits per heavy atom. The van der Waals surface area contributed by atoms with Crippen LogP contribution in [-0.2, 0) is 4.79 Å². The Balaban J connectivity index is 2.04. The van der Waals surface area contributed by atoms with Gasteiger partial charge in [0.15, 0.2) is 5.96 Å². The van der Waals surface area contributed by atoms with Gasteiger partial charge in [0.25, 0.3) is 5.91 Å². The Bertz CT molecular complexity index is 848. The monoisotopic (exact) mass is 356 g/mol. The van der Waals surface area contributed by atoms with Crippen molar-refractivity contribution in [3.63, 3.8) is 0 Å². The van der Waals surface area contributed by atoms with Crippen LogP contribution in [0.25, 0.3) is 0 Å². The number of hydrogen-bond donors (Lipinski definition) is 5. The minimum atomic E-state index is -1.16. The molecule has 6 N–H and O–H groups in total. The fourth-order valence-corrected chi connectivity index (χ4v) is 1.97. The van der Waals surface area contributed by atoms with E-state index in [-0.39, 0.29) is 22.8 Å². The van der Waals surface area contributed by atoms with E-state index >= 15 is 0 Å². The van der Waals surface area contributed by atoms with Crippen molar-refractivity contribution in [3.8, 4) is 5.75 Å². The molecule has 134 valence electrons. The number of nitrogens with one attached hydrogen (secondary N) is 3. The summed E-state index contributed by atoms with van der Waals surface area (Å²) in [6, 6.07) is 11.9. The van der Waals surface area contributed by atoms with Crippen LogP contribution in [0, 0.1) is 5.41 Å². The molecule has 0 bridgehead atoms. The van der Waals surface area contributed by atoms with Gasteiger partial charge in [-0.3, -0.25) is 15.0 Å². The zero-order valence-electron chi connectivity index (χ0n) is 13.5. The van der Waals surface area contributed by atoms with Crippen LogP contribution in [0.2, 0.25) is 0 Å². The fourth-order valence-electron chi connectivity index (χ4n) is 1.97. The summed E-state index contributed by atoms with van der Waals surface area (Å²) >= 11 is 0. The summed E-state index contributed by atoms with van der Waals surface area (Å²) in [4.78, 5) is 34.5. The SMILES string of the molecule is N=C(N)Nc1ccc(C(=O)Oc2cccc(C(=O)NCC(=O)O)c2)cc1. The zero-order valence-corrected chi connectivity index (χ0v) is 13.5. The van der Waals surface area contributed by atoms with Gasteiger partial charge in [-0.05, 0) is 42.5 Å². The molecule has 2 aromatic carbocycles. The number of nitrogens with two attached hydrogens (primary N) is 1. The van der Waals surface area contributed by atoms with Crippen LogP contribution in [0.4, 0.5) is 5.69 Å². The van der Waals surface area contributed by atoms with Gasteiger partial charge in [0.1, 0.15) is 12.3 Å². The lowest BCUT2D eigenvalue weighted by molar-refractivity contribution is -0.135. The molecular formula is C17H16N4O5. The van der Waals surface area contributed by atoms with E-state index in [9.17, 15) is 14.4 Å². The predicted octanol–water partition coefficient (Wildman–Crippen LogP) is 1.03. The summed E-state index contributed by atoms with van der Waals surface area (Å²) in [5.41, 5.74) is 6.19. The molecule has 0 saturated heterocycles. The van der Waals surface area contributed by atoms with Crippen molar-refractivity contribution in [2.45, 2.75) is 0 Å². The largest absolute Gasteiger partial charge is 0.480 e. The topological polar surface area (TPSA) is 155 Å². The molecule has 0 aliphatic carbocycles. The number of benzene rings is 2. The normalized spacial score (nSPS) is 9.85. The minimum Gasteiger partial charge on any atom is -0.480 e. The van der Waals surface area contributed by atoms with E-state index in [2.05, 4.69) is 10.6 Å². The molecule has 0 fully saturated rings. The molecule has 2 rings (SSSR count). The molecule has 0 saturated carbocycles. The first-order valence-corrected chi connectivity index (χ1v) is 7.38. The average molecular weight is 356 g/mol. The van der Waals surface area contributed by atoms with Crippen molar-refractivity contribution in [2.75, 3.05) is 11.9 Å². The fraction of sp³-hybridized carbons (Fsp3) is 0.0588. The Morgan fingerprint density at radius 3 is 2.38 bits per heavy atom. The van der Waals surface area contributed by atoms with Gasteiger partial charge in [0.05, 0.1) is 5.56 Å². The van der Waals surface area contributed by atoms with Crippen molar-refractivity contribution < 1.29 is 24.2 Å². The van der Waals surface area contributed by atoms with Crippen LogP contribution in [0.15, 0.2) is 48.5 Å². The number of carboxylic acids is 1. The average Bonchev–Trinajstić information content (AvgIpc) is 2.60. The van der Waals surface area contributed by atoms with Crippen LogP contribution < -0.4 is 21.1 Å². The van der Waals surface area contributed by atoms with Crippen molar-refractivity contribution in [2.24, 2.45) is 5.73 Å². The highest BCUT2D eigenvalue weighted by molar-refractivity contribution is 5.97. The highest BCUT2D eigenvalue weighted by Gasteiger charge is 2.12. The van der Waals surface area contributed by atoms with Crippen LogP contribution >= 0.6 is 0 Å². The van der Waals surface area contributed by atoms with E-state index in [1.165, 1.54) is 36.4 Å². The van der Waals surface area contributed by atoms with E-state index < -0.39 is 24.4 Å². The van der Waals surface area contributed by atoms with Gasteiger partial charge in [-0.25, -0.2) is 4.79 Å². The quantitative estimate of drug-likeness (QED) is 0.224. The number of carbonyl (C=O) groups is 3. The number of guanidine groups is 1. The predicted molar refractivity (Wildman–Crippen MR) is 93.3 cm³/mol. The van der Waals surface area contributed by atoms with Gasteiger partial charge in [-0.1, -0.05) is 6.07 Å². The van der Waals surface area contributed by atoms with E-state index in [0.29, 0.717) is 5.69 Å². The first-order valence-electron chi connectivity index (χ1n) is 7.38. The first kappa shape index (κ1) is 18.5. The van der Waals surface area contributed by atoms with Crippen LogP contribution in [0.5, 0.6) is 5.75 Å². The van der Waals surface area contributed by atoms with Crippen LogP contribution in [-0.4, -0.2) is 35.5 Å². The van der Waals surface area contributed by atoms with Crippen molar-refractivity contribution in [1.29, 1.82) is 5.41 Å². The summed E-state index contributed by atoms with van der Waals surface area (Å²) in [5.74, 6) is -2.47. The Hall–Kier alpha value is -3.88. The molecule has 0 aliphatic heterocycles. The third-order valence-corrected chi connectivity index (χ3v) is 3.11. The van der Waals surface area contributed by atoms with Gasteiger partial charge in [-0.15, -0.1) is 0 Å². The van der Waals surface area contributed by atoms with Crippen LogP contribution in [0.1, 0.15) is 20.7 Å². The van der Waals surface area contributed by atoms with Gasteiger partial charge in [-0.2, -0.15) is 0 Å². The van der Waals surface area contributed by atoms with Gasteiger partial charge in [0, 0.05) is 11.3 Å². The number of carboxylic acid groups (broad SMARTS) is 1.